The Labute approximate surface area is 189 Å². The number of H-pyrrole nitrogens is 2. The van der Waals surface area contributed by atoms with E-state index in [2.05, 4.69) is 89.6 Å². The molecule has 2 aliphatic rings. The Hall–Kier alpha value is -3.40. The maximum atomic E-state index is 5.17. The van der Waals surface area contributed by atoms with Crippen LogP contribution in [-0.4, -0.2) is 19.9 Å². The minimum atomic E-state index is 0.960. The maximum absolute atomic E-state index is 5.17. The summed E-state index contributed by atoms with van der Waals surface area (Å²) in [5.41, 5.74) is 18.4. The monoisotopic (exact) mass is 422 g/mol. The van der Waals surface area contributed by atoms with Gasteiger partial charge in [-0.2, -0.15) is 0 Å². The van der Waals surface area contributed by atoms with Crippen LogP contribution in [0.5, 0.6) is 0 Å². The Morgan fingerprint density at radius 3 is 1.31 bits per heavy atom. The molecule has 0 unspecified atom stereocenters. The van der Waals surface area contributed by atoms with Gasteiger partial charge in [0.1, 0.15) is 0 Å². The highest BCUT2D eigenvalue weighted by molar-refractivity contribution is 5.95. The predicted octanol–water partition coefficient (Wildman–Crippen LogP) is 7.29. The summed E-state index contributed by atoms with van der Waals surface area (Å²) in [5, 5.41) is 0. The molecule has 0 atom stereocenters. The Morgan fingerprint density at radius 1 is 0.500 bits per heavy atom. The van der Waals surface area contributed by atoms with Gasteiger partial charge in [0, 0.05) is 22.1 Å². The number of aromatic nitrogens is 4. The van der Waals surface area contributed by atoms with E-state index in [1.165, 1.54) is 44.5 Å². The molecule has 2 N–H and O–H groups in total. The van der Waals surface area contributed by atoms with Crippen LogP contribution in [0.3, 0.4) is 0 Å². The second kappa shape index (κ2) is 7.06. The number of nitrogens with zero attached hydrogens (tertiary/aromatic N) is 2. The van der Waals surface area contributed by atoms with Gasteiger partial charge in [-0.25, -0.2) is 9.97 Å². The average Bonchev–Trinajstić information content (AvgIpc) is 3.48. The first-order chi connectivity index (χ1) is 15.2. The molecule has 0 saturated carbocycles. The topological polar surface area (TPSA) is 57.4 Å². The molecular weight excluding hydrogens is 392 g/mol. The largest absolute Gasteiger partial charge is 0.355 e. The highest BCUT2D eigenvalue weighted by Crippen LogP contribution is 2.35. The van der Waals surface area contributed by atoms with Crippen LogP contribution in [0.1, 0.15) is 70.0 Å². The van der Waals surface area contributed by atoms with Gasteiger partial charge < -0.3 is 9.97 Å². The number of aryl methyl sites for hydroxylation is 6. The first kappa shape index (κ1) is 20.5. The van der Waals surface area contributed by atoms with Crippen LogP contribution in [0.4, 0.5) is 0 Å². The molecule has 0 radical (unpaired) electrons. The van der Waals surface area contributed by atoms with Gasteiger partial charge in [-0.3, -0.25) is 0 Å². The zero-order valence-corrected chi connectivity index (χ0v) is 20.2. The van der Waals surface area contributed by atoms with Gasteiger partial charge in [-0.1, -0.05) is 0 Å². The molecule has 3 aromatic rings. The van der Waals surface area contributed by atoms with Gasteiger partial charge in [0.05, 0.1) is 22.8 Å². The van der Waals surface area contributed by atoms with E-state index < -0.39 is 0 Å². The molecule has 5 heterocycles. The van der Waals surface area contributed by atoms with E-state index in [-0.39, 0.29) is 0 Å². The second-order valence-electron chi connectivity index (χ2n) is 9.22. The smallest absolute Gasteiger partial charge is 0.0719 e. The minimum Gasteiger partial charge on any atom is -0.355 e. The van der Waals surface area contributed by atoms with Crippen LogP contribution in [-0.2, 0) is 0 Å². The summed E-state index contributed by atoms with van der Waals surface area (Å²) in [6, 6.07) is 4.28. The average molecular weight is 423 g/mol. The molecule has 8 bridgehead atoms. The number of allylic oxidation sites excluding steroid dienone is 2. The maximum Gasteiger partial charge on any atom is 0.0719 e. The minimum absolute atomic E-state index is 0.960. The molecule has 2 aliphatic heterocycles. The Morgan fingerprint density at radius 2 is 0.906 bits per heavy atom. The molecule has 0 saturated heterocycles. The summed E-state index contributed by atoms with van der Waals surface area (Å²) >= 11 is 0. The van der Waals surface area contributed by atoms with Gasteiger partial charge >= 0.3 is 0 Å². The molecule has 32 heavy (non-hydrogen) atoms. The van der Waals surface area contributed by atoms with Crippen LogP contribution in [0.2, 0.25) is 0 Å². The van der Waals surface area contributed by atoms with Gasteiger partial charge in [0.25, 0.3) is 0 Å². The molecule has 0 spiro atoms. The van der Waals surface area contributed by atoms with Gasteiger partial charge in [-0.05, 0) is 124 Å². The summed E-state index contributed by atoms with van der Waals surface area (Å²) in [6.07, 6.45) is 4.16. The summed E-state index contributed by atoms with van der Waals surface area (Å²) in [5.74, 6) is 0. The summed E-state index contributed by atoms with van der Waals surface area (Å²) in [4.78, 5) is 17.3. The molecule has 3 aromatic heterocycles. The zero-order chi connectivity index (χ0) is 22.9. The van der Waals surface area contributed by atoms with E-state index >= 15 is 0 Å². The van der Waals surface area contributed by atoms with E-state index in [9.17, 15) is 0 Å². The van der Waals surface area contributed by atoms with E-state index in [0.29, 0.717) is 0 Å². The van der Waals surface area contributed by atoms with E-state index in [1.807, 2.05) is 0 Å². The third-order valence-electron chi connectivity index (χ3n) is 7.43. The Balaban J connectivity index is 2.04. The quantitative estimate of drug-likeness (QED) is 0.313. The van der Waals surface area contributed by atoms with Crippen molar-refractivity contribution in [2.45, 2.75) is 55.4 Å². The molecule has 0 aliphatic carbocycles. The van der Waals surface area contributed by atoms with Crippen LogP contribution < -0.4 is 0 Å². The number of nitrogens with one attached hydrogen (secondary N) is 2. The second-order valence-corrected chi connectivity index (χ2v) is 9.22. The van der Waals surface area contributed by atoms with E-state index in [4.69, 9.17) is 9.97 Å². The van der Waals surface area contributed by atoms with Gasteiger partial charge in [0.15, 0.2) is 0 Å². The highest BCUT2D eigenvalue weighted by Gasteiger charge is 2.20. The van der Waals surface area contributed by atoms with Gasteiger partial charge in [-0.15, -0.1) is 0 Å². The fraction of sp³-hybridized carbons (Fsp3) is 0.286. The zero-order valence-electron chi connectivity index (χ0n) is 20.2. The molecule has 162 valence electrons. The summed E-state index contributed by atoms with van der Waals surface area (Å²) in [6.45, 7) is 17.4. The van der Waals surface area contributed by atoms with E-state index in [0.717, 1.165) is 44.8 Å². The molecule has 5 rings (SSSR count). The lowest BCUT2D eigenvalue weighted by Gasteiger charge is -2.01. The van der Waals surface area contributed by atoms with Crippen molar-refractivity contribution in [3.63, 3.8) is 0 Å². The fourth-order valence-electron chi connectivity index (χ4n) is 4.91. The van der Waals surface area contributed by atoms with Crippen molar-refractivity contribution in [2.24, 2.45) is 0 Å². The lowest BCUT2D eigenvalue weighted by molar-refractivity contribution is 1.22. The normalized spacial score (nSPS) is 13.4. The van der Waals surface area contributed by atoms with Crippen molar-refractivity contribution in [1.29, 1.82) is 0 Å². The van der Waals surface area contributed by atoms with Crippen molar-refractivity contribution in [3.05, 3.63) is 68.3 Å². The molecule has 0 aromatic carbocycles. The lowest BCUT2D eigenvalue weighted by Crippen LogP contribution is -1.88. The van der Waals surface area contributed by atoms with E-state index in [1.54, 1.807) is 0 Å². The number of hydrogen-bond donors (Lipinski definition) is 2. The molecule has 4 heteroatoms. The standard InChI is InChI=1S/C28H30N4/c1-13-15(3)25-19(7)27-17(5)18(6)28(32-27)20(8)26-16(4)14(2)24(31-26)12-22-10-9-21(29-22)11-23(13)30-25/h9-12,30-31H,1-8H3. The van der Waals surface area contributed by atoms with Crippen molar-refractivity contribution < 1.29 is 0 Å². The first-order valence-electron chi connectivity index (χ1n) is 11.2. The SMILES string of the molecule is CC1=C(C)c2nc1c(C)c1[nH]c(cc3nc(cc4[nH]c(c2C)c(C)c4C)C=C3)c(C)c1C. The molecule has 0 fully saturated rings. The number of hydrogen-bond acceptors (Lipinski definition) is 2. The predicted molar refractivity (Wildman–Crippen MR) is 137 cm³/mol. The van der Waals surface area contributed by atoms with Crippen molar-refractivity contribution >= 4 is 45.4 Å². The van der Waals surface area contributed by atoms with Crippen molar-refractivity contribution in [3.8, 4) is 0 Å². The number of aromatic amines is 2. The van der Waals surface area contributed by atoms with Crippen molar-refractivity contribution in [2.75, 3.05) is 0 Å². The highest BCUT2D eigenvalue weighted by atomic mass is 14.8. The van der Waals surface area contributed by atoms with Crippen LogP contribution in [0.15, 0.2) is 12.1 Å². The lowest BCUT2D eigenvalue weighted by atomic mass is 10.0. The molecule has 4 nitrogen and oxygen atoms in total. The Kier molecular flexibility index (Phi) is 4.52. The summed E-state index contributed by atoms with van der Waals surface area (Å²) < 4.78 is 0. The summed E-state index contributed by atoms with van der Waals surface area (Å²) in [7, 11) is 0. The van der Waals surface area contributed by atoms with Crippen LogP contribution in [0, 0.1) is 41.5 Å². The molecule has 0 amide bonds. The third kappa shape index (κ3) is 2.89. The Bertz CT molecular complexity index is 1430. The van der Waals surface area contributed by atoms with Crippen molar-refractivity contribution in [1.82, 2.24) is 19.9 Å². The third-order valence-corrected chi connectivity index (χ3v) is 7.43. The first-order valence-corrected chi connectivity index (χ1v) is 11.2. The fourth-order valence-corrected chi connectivity index (χ4v) is 4.91. The van der Waals surface area contributed by atoms with Crippen LogP contribution >= 0.6 is 0 Å². The van der Waals surface area contributed by atoms with Gasteiger partial charge in [0.2, 0.25) is 0 Å². The van der Waals surface area contributed by atoms with Crippen LogP contribution in [0.25, 0.3) is 45.4 Å². The number of rotatable bonds is 0. The molecular formula is C28H30N4. The number of fused-ring (bicyclic) bond motifs is 8.